The Morgan fingerprint density at radius 2 is 1.92 bits per heavy atom. The molecule has 1 aliphatic rings. The minimum absolute atomic E-state index is 0.167. The highest BCUT2D eigenvalue weighted by molar-refractivity contribution is 6.39. The first-order valence-electron chi connectivity index (χ1n) is 8.38. The number of pyridine rings is 1. The van der Waals surface area contributed by atoms with Crippen molar-refractivity contribution < 1.29 is 9.53 Å². The minimum Gasteiger partial charge on any atom is -0.379 e. The topological polar surface area (TPSA) is 66.5 Å². The van der Waals surface area contributed by atoms with E-state index in [1.165, 1.54) is 6.20 Å². The van der Waals surface area contributed by atoms with E-state index < -0.39 is 0 Å². The second kappa shape index (κ2) is 9.19. The molecule has 0 bridgehead atoms. The third-order valence-electron chi connectivity index (χ3n) is 4.05. The van der Waals surface area contributed by atoms with Gasteiger partial charge >= 0.3 is 0 Å². The molecule has 6 nitrogen and oxygen atoms in total. The lowest BCUT2D eigenvalue weighted by atomic mass is 10.2. The molecule has 138 valence electrons. The third-order valence-corrected chi connectivity index (χ3v) is 4.68. The zero-order valence-electron chi connectivity index (χ0n) is 14.2. The molecule has 1 fully saturated rings. The van der Waals surface area contributed by atoms with Crippen LogP contribution in [0.3, 0.4) is 0 Å². The van der Waals surface area contributed by atoms with Gasteiger partial charge in [-0.05, 0) is 18.2 Å². The van der Waals surface area contributed by atoms with Crippen LogP contribution in [0.5, 0.6) is 0 Å². The Balaban J connectivity index is 1.58. The van der Waals surface area contributed by atoms with Gasteiger partial charge in [-0.3, -0.25) is 14.7 Å². The number of carbonyl (C=O) groups is 1. The molecule has 0 aliphatic carbocycles. The number of halogens is 2. The number of amides is 1. The highest BCUT2D eigenvalue weighted by Crippen LogP contribution is 2.32. The Bertz CT molecular complexity index is 746. The fraction of sp³-hybridized carbons (Fsp3) is 0.333. The van der Waals surface area contributed by atoms with Crippen LogP contribution in [0.25, 0.3) is 0 Å². The van der Waals surface area contributed by atoms with Gasteiger partial charge in [-0.2, -0.15) is 0 Å². The molecule has 0 radical (unpaired) electrons. The third kappa shape index (κ3) is 5.08. The maximum absolute atomic E-state index is 12.4. The number of nitrogens with one attached hydrogen (secondary N) is 2. The highest BCUT2D eigenvalue weighted by Gasteiger charge is 2.12. The fourth-order valence-electron chi connectivity index (χ4n) is 2.65. The Morgan fingerprint density at radius 3 is 2.65 bits per heavy atom. The Kier molecular flexibility index (Phi) is 6.68. The summed E-state index contributed by atoms with van der Waals surface area (Å²) in [6, 6.07) is 6.97. The van der Waals surface area contributed by atoms with Crippen LogP contribution in [-0.4, -0.2) is 55.2 Å². The smallest absolute Gasteiger partial charge is 0.252 e. The number of rotatable bonds is 6. The van der Waals surface area contributed by atoms with Crippen molar-refractivity contribution in [2.75, 3.05) is 44.7 Å². The van der Waals surface area contributed by atoms with E-state index in [0.29, 0.717) is 33.5 Å². The van der Waals surface area contributed by atoms with E-state index in [4.69, 9.17) is 27.9 Å². The van der Waals surface area contributed by atoms with E-state index >= 15 is 0 Å². The molecule has 1 amide bonds. The van der Waals surface area contributed by atoms with Crippen molar-refractivity contribution >= 4 is 40.5 Å². The Hall–Kier alpha value is -1.86. The molecule has 1 aliphatic heterocycles. The maximum atomic E-state index is 12.4. The summed E-state index contributed by atoms with van der Waals surface area (Å²) in [5, 5.41) is 7.03. The molecule has 0 saturated carbocycles. The lowest BCUT2D eigenvalue weighted by Crippen LogP contribution is -2.41. The van der Waals surface area contributed by atoms with Crippen LogP contribution in [0.4, 0.5) is 11.4 Å². The van der Waals surface area contributed by atoms with E-state index in [9.17, 15) is 4.79 Å². The molecule has 8 heteroatoms. The minimum atomic E-state index is -0.167. The number of ether oxygens (including phenoxy) is 1. The molecule has 0 unspecified atom stereocenters. The molecule has 2 aromatic rings. The van der Waals surface area contributed by atoms with Gasteiger partial charge in [0.15, 0.2) is 0 Å². The van der Waals surface area contributed by atoms with Gasteiger partial charge in [0.1, 0.15) is 0 Å². The summed E-state index contributed by atoms with van der Waals surface area (Å²) in [5.74, 6) is -0.167. The number of nitrogens with zero attached hydrogens (tertiary/aromatic N) is 2. The van der Waals surface area contributed by atoms with Gasteiger partial charge in [-0.25, -0.2) is 0 Å². The zero-order valence-corrected chi connectivity index (χ0v) is 15.7. The average molecular weight is 395 g/mol. The summed E-state index contributed by atoms with van der Waals surface area (Å²) in [4.78, 5) is 18.7. The Labute approximate surface area is 162 Å². The van der Waals surface area contributed by atoms with Gasteiger partial charge in [-0.1, -0.05) is 29.3 Å². The lowest BCUT2D eigenvalue weighted by molar-refractivity contribution is 0.0383. The molecule has 0 atom stereocenters. The van der Waals surface area contributed by atoms with Crippen molar-refractivity contribution in [2.24, 2.45) is 0 Å². The van der Waals surface area contributed by atoms with Crippen molar-refractivity contribution in [1.29, 1.82) is 0 Å². The normalized spacial score (nSPS) is 14.8. The monoisotopic (exact) mass is 394 g/mol. The number of morpholine rings is 1. The van der Waals surface area contributed by atoms with Crippen molar-refractivity contribution in [2.45, 2.75) is 0 Å². The summed E-state index contributed by atoms with van der Waals surface area (Å²) in [5.41, 5.74) is 1.70. The molecule has 1 saturated heterocycles. The average Bonchev–Trinajstić information content (AvgIpc) is 2.66. The number of aromatic nitrogens is 1. The van der Waals surface area contributed by atoms with Crippen molar-refractivity contribution in [3.63, 3.8) is 0 Å². The molecule has 3 rings (SSSR count). The van der Waals surface area contributed by atoms with E-state index in [2.05, 4.69) is 20.5 Å². The largest absolute Gasteiger partial charge is 0.379 e. The molecular weight excluding hydrogens is 375 g/mol. The van der Waals surface area contributed by atoms with E-state index in [0.717, 1.165) is 32.8 Å². The standard InChI is InChI=1S/C18H20Cl2N4O2/c19-15-2-1-3-16(20)17(15)23-14-10-13(11-21-12-14)18(25)22-4-5-24-6-8-26-9-7-24/h1-3,10-12,23H,4-9H2,(H,22,25). The number of anilines is 2. The van der Waals surface area contributed by atoms with Crippen LogP contribution in [0, 0.1) is 0 Å². The predicted molar refractivity (Wildman–Crippen MR) is 104 cm³/mol. The van der Waals surface area contributed by atoms with E-state index in [-0.39, 0.29) is 5.91 Å². The number of hydrogen-bond donors (Lipinski definition) is 2. The Morgan fingerprint density at radius 1 is 1.19 bits per heavy atom. The van der Waals surface area contributed by atoms with Crippen molar-refractivity contribution in [3.05, 3.63) is 52.3 Å². The molecule has 2 heterocycles. The van der Waals surface area contributed by atoms with Crippen LogP contribution >= 0.6 is 23.2 Å². The molecule has 1 aromatic heterocycles. The van der Waals surface area contributed by atoms with Crippen molar-refractivity contribution in [1.82, 2.24) is 15.2 Å². The van der Waals surface area contributed by atoms with Gasteiger partial charge in [0.05, 0.1) is 46.4 Å². The molecule has 1 aromatic carbocycles. The molecular formula is C18H20Cl2N4O2. The van der Waals surface area contributed by atoms with Crippen LogP contribution in [-0.2, 0) is 4.74 Å². The SMILES string of the molecule is O=C(NCCN1CCOCC1)c1cncc(Nc2c(Cl)cccc2Cl)c1. The van der Waals surface area contributed by atoms with E-state index in [1.54, 1.807) is 30.5 Å². The number of hydrogen-bond acceptors (Lipinski definition) is 5. The quantitative estimate of drug-likeness (QED) is 0.787. The van der Waals surface area contributed by atoms with Crippen molar-refractivity contribution in [3.8, 4) is 0 Å². The first kappa shape index (κ1) is 18.9. The highest BCUT2D eigenvalue weighted by atomic mass is 35.5. The number of carbonyl (C=O) groups excluding carboxylic acids is 1. The molecule has 0 spiro atoms. The van der Waals surface area contributed by atoms with Crippen LogP contribution < -0.4 is 10.6 Å². The summed E-state index contributed by atoms with van der Waals surface area (Å²) in [6.45, 7) is 4.67. The fourth-order valence-corrected chi connectivity index (χ4v) is 3.14. The summed E-state index contributed by atoms with van der Waals surface area (Å²) >= 11 is 12.3. The van der Waals surface area contributed by atoms with Gasteiger partial charge < -0.3 is 15.4 Å². The molecule has 26 heavy (non-hydrogen) atoms. The van der Waals surface area contributed by atoms with E-state index in [1.807, 2.05) is 0 Å². The van der Waals surface area contributed by atoms with Crippen LogP contribution in [0.15, 0.2) is 36.7 Å². The summed E-state index contributed by atoms with van der Waals surface area (Å²) in [6.07, 6.45) is 3.15. The first-order chi connectivity index (χ1) is 12.6. The number of para-hydroxylation sites is 1. The molecule has 2 N–H and O–H groups in total. The summed E-state index contributed by atoms with van der Waals surface area (Å²) in [7, 11) is 0. The summed E-state index contributed by atoms with van der Waals surface area (Å²) < 4.78 is 5.31. The van der Waals surface area contributed by atoms with Gasteiger partial charge in [0.2, 0.25) is 0 Å². The zero-order chi connectivity index (χ0) is 18.4. The lowest BCUT2D eigenvalue weighted by Gasteiger charge is -2.26. The van der Waals surface area contributed by atoms with Gasteiger partial charge in [0, 0.05) is 32.4 Å². The van der Waals surface area contributed by atoms with Crippen LogP contribution in [0.2, 0.25) is 10.0 Å². The van der Waals surface area contributed by atoms with Crippen LogP contribution in [0.1, 0.15) is 10.4 Å². The maximum Gasteiger partial charge on any atom is 0.252 e. The second-order valence-electron chi connectivity index (χ2n) is 5.89. The predicted octanol–water partition coefficient (Wildman–Crippen LogP) is 3.19. The van der Waals surface area contributed by atoms with Gasteiger partial charge in [0.25, 0.3) is 5.91 Å². The second-order valence-corrected chi connectivity index (χ2v) is 6.71. The number of benzene rings is 1. The van der Waals surface area contributed by atoms with Gasteiger partial charge in [-0.15, -0.1) is 0 Å². The first-order valence-corrected chi connectivity index (χ1v) is 9.13.